The van der Waals surface area contributed by atoms with Crippen LogP contribution in [0.4, 0.5) is 11.4 Å². The van der Waals surface area contributed by atoms with Gasteiger partial charge in [0.15, 0.2) is 0 Å². The molecule has 7 nitrogen and oxygen atoms in total. The summed E-state index contributed by atoms with van der Waals surface area (Å²) in [6.45, 7) is 0.661. The molecule has 0 fully saturated rings. The quantitative estimate of drug-likeness (QED) is 0.460. The van der Waals surface area contributed by atoms with Gasteiger partial charge < -0.3 is 10.2 Å². The Bertz CT molecular complexity index is 1370. The van der Waals surface area contributed by atoms with Gasteiger partial charge >= 0.3 is 0 Å². The van der Waals surface area contributed by atoms with Crippen LogP contribution in [0.2, 0.25) is 0 Å². The molecule has 0 radical (unpaired) electrons. The lowest BCUT2D eigenvalue weighted by atomic mass is 10.1. The molecule has 0 saturated heterocycles. The van der Waals surface area contributed by atoms with Crippen LogP contribution >= 0.6 is 0 Å². The van der Waals surface area contributed by atoms with Gasteiger partial charge in [-0.1, -0.05) is 42.5 Å². The van der Waals surface area contributed by atoms with Crippen molar-refractivity contribution in [1.82, 2.24) is 15.3 Å². The maximum absolute atomic E-state index is 12.4. The first kappa shape index (κ1) is 20.4. The predicted molar refractivity (Wildman–Crippen MR) is 132 cm³/mol. The molecule has 4 aromatic rings. The van der Waals surface area contributed by atoms with Crippen molar-refractivity contribution in [3.05, 3.63) is 102 Å². The third-order valence-corrected chi connectivity index (χ3v) is 5.28. The molecule has 0 bridgehead atoms. The first-order valence-corrected chi connectivity index (χ1v) is 10.6. The van der Waals surface area contributed by atoms with Gasteiger partial charge in [-0.25, -0.2) is 9.98 Å². The first-order valence-electron chi connectivity index (χ1n) is 10.6. The number of amides is 1. The van der Waals surface area contributed by atoms with Crippen LogP contribution in [-0.2, 0) is 11.3 Å². The van der Waals surface area contributed by atoms with E-state index in [1.807, 2.05) is 85.9 Å². The smallest absolute Gasteiger partial charge is 0.276 e. The molecule has 0 spiro atoms. The molecule has 0 atom stereocenters. The largest absolute Gasteiger partial charge is 0.367 e. The third kappa shape index (κ3) is 4.57. The summed E-state index contributed by atoms with van der Waals surface area (Å²) in [7, 11) is 2.02. The molecule has 162 valence electrons. The fraction of sp³-hybridized carbons (Fsp3) is 0.0769. The van der Waals surface area contributed by atoms with Gasteiger partial charge in [0.05, 0.1) is 29.1 Å². The second-order valence-corrected chi connectivity index (χ2v) is 7.70. The number of fused-ring (bicyclic) bond motifs is 1. The monoisotopic (exact) mass is 434 g/mol. The van der Waals surface area contributed by atoms with Gasteiger partial charge in [0, 0.05) is 24.3 Å². The zero-order valence-electron chi connectivity index (χ0n) is 18.1. The van der Waals surface area contributed by atoms with E-state index in [1.165, 1.54) is 0 Å². The number of pyridine rings is 2. The van der Waals surface area contributed by atoms with Crippen molar-refractivity contribution >= 4 is 40.2 Å². The molecule has 33 heavy (non-hydrogen) atoms. The van der Waals surface area contributed by atoms with Crippen molar-refractivity contribution < 1.29 is 4.79 Å². The lowest BCUT2D eigenvalue weighted by Crippen LogP contribution is -2.29. The van der Waals surface area contributed by atoms with Crippen LogP contribution in [-0.4, -0.2) is 28.9 Å². The van der Waals surface area contributed by atoms with Crippen LogP contribution in [0.25, 0.3) is 17.0 Å². The number of hydrogen-bond donors (Lipinski definition) is 2. The Labute approximate surface area is 191 Å². The Morgan fingerprint density at radius 2 is 1.82 bits per heavy atom. The van der Waals surface area contributed by atoms with Gasteiger partial charge in [-0.05, 0) is 42.5 Å². The fourth-order valence-corrected chi connectivity index (χ4v) is 3.68. The van der Waals surface area contributed by atoms with E-state index in [-0.39, 0.29) is 5.91 Å². The number of nitrogens with one attached hydrogen (secondary N) is 2. The molecule has 3 heterocycles. The topological polar surface area (TPSA) is 82.5 Å². The number of aliphatic imine (C=N–C) groups is 1. The zero-order valence-corrected chi connectivity index (χ0v) is 18.1. The molecule has 0 saturated carbocycles. The van der Waals surface area contributed by atoms with Gasteiger partial charge in [-0.3, -0.25) is 15.1 Å². The minimum atomic E-state index is -0.268. The maximum atomic E-state index is 12.4. The highest BCUT2D eigenvalue weighted by Gasteiger charge is 2.20. The van der Waals surface area contributed by atoms with Crippen LogP contribution in [0.5, 0.6) is 0 Å². The Balaban J connectivity index is 1.43. The number of carbonyl (C=O) groups is 1. The van der Waals surface area contributed by atoms with Gasteiger partial charge in [-0.15, -0.1) is 0 Å². The number of nitrogens with zero attached hydrogens (tertiary/aromatic N) is 4. The summed E-state index contributed by atoms with van der Waals surface area (Å²) >= 11 is 0. The minimum Gasteiger partial charge on any atom is -0.367 e. The Morgan fingerprint density at radius 1 is 0.970 bits per heavy atom. The number of guanidine groups is 1. The molecule has 5 rings (SSSR count). The van der Waals surface area contributed by atoms with Crippen LogP contribution in [0.1, 0.15) is 11.4 Å². The number of aromatic nitrogens is 2. The summed E-state index contributed by atoms with van der Waals surface area (Å²) in [6, 6.07) is 25.4. The van der Waals surface area contributed by atoms with Crippen LogP contribution in [0.15, 0.2) is 95.7 Å². The molecule has 1 aliphatic heterocycles. The lowest BCUT2D eigenvalue weighted by Gasteiger charge is -2.20. The summed E-state index contributed by atoms with van der Waals surface area (Å²) in [6.07, 6.45) is 3.49. The number of anilines is 2. The predicted octanol–water partition coefficient (Wildman–Crippen LogP) is 4.21. The van der Waals surface area contributed by atoms with Crippen molar-refractivity contribution in [3.63, 3.8) is 0 Å². The van der Waals surface area contributed by atoms with Gasteiger partial charge in [0.1, 0.15) is 5.70 Å². The summed E-state index contributed by atoms with van der Waals surface area (Å²) in [5.41, 5.74) is 4.64. The highest BCUT2D eigenvalue weighted by molar-refractivity contribution is 6.17. The summed E-state index contributed by atoms with van der Waals surface area (Å²) in [4.78, 5) is 28.2. The average Bonchev–Trinajstić information content (AvgIpc) is 3.18. The van der Waals surface area contributed by atoms with Gasteiger partial charge in [-0.2, -0.15) is 0 Å². The SMILES string of the molecule is CN(Cc1ccccn1)c1cccc2ccc(/C=C3\N=C(Nc4ccccc4)NC3=O)nc12. The van der Waals surface area contributed by atoms with Crippen LogP contribution in [0, 0.1) is 0 Å². The van der Waals surface area contributed by atoms with Gasteiger partial charge in [0.2, 0.25) is 5.96 Å². The van der Waals surface area contributed by atoms with E-state index in [0.29, 0.717) is 23.9 Å². The molecular formula is C26H22N6O. The van der Waals surface area contributed by atoms with Crippen molar-refractivity contribution in [1.29, 1.82) is 0 Å². The second kappa shape index (κ2) is 8.92. The number of benzene rings is 2. The molecule has 0 aliphatic carbocycles. The van der Waals surface area contributed by atoms with E-state index in [0.717, 1.165) is 28.0 Å². The summed E-state index contributed by atoms with van der Waals surface area (Å²) in [5, 5.41) is 6.89. The highest BCUT2D eigenvalue weighted by atomic mass is 16.2. The number of para-hydroxylation sites is 2. The van der Waals surface area contributed by atoms with Crippen molar-refractivity contribution in [2.24, 2.45) is 4.99 Å². The molecule has 2 aromatic carbocycles. The lowest BCUT2D eigenvalue weighted by molar-refractivity contribution is -0.115. The number of hydrogen-bond acceptors (Lipinski definition) is 6. The van der Waals surface area contributed by atoms with Crippen molar-refractivity contribution in [2.45, 2.75) is 6.54 Å². The van der Waals surface area contributed by atoms with E-state index < -0.39 is 0 Å². The van der Waals surface area contributed by atoms with E-state index >= 15 is 0 Å². The standard InChI is InChI=1S/C26H22N6O/c1-32(17-21-11-5-6-15-27-21)23-12-7-8-18-13-14-20(28-24(18)23)16-22-25(33)31-26(30-22)29-19-9-3-2-4-10-19/h2-16H,17H2,1H3,(H2,29,30,31,33)/b22-16-. The maximum Gasteiger partial charge on any atom is 0.276 e. The van der Waals surface area contributed by atoms with Crippen LogP contribution in [0.3, 0.4) is 0 Å². The second-order valence-electron chi connectivity index (χ2n) is 7.70. The third-order valence-electron chi connectivity index (χ3n) is 5.28. The Hall–Kier alpha value is -4.52. The minimum absolute atomic E-state index is 0.268. The molecule has 1 aliphatic rings. The highest BCUT2D eigenvalue weighted by Crippen LogP contribution is 2.26. The van der Waals surface area contributed by atoms with E-state index in [9.17, 15) is 4.79 Å². The van der Waals surface area contributed by atoms with Crippen LogP contribution < -0.4 is 15.5 Å². The molecule has 0 unspecified atom stereocenters. The molecule has 7 heteroatoms. The Kier molecular flexibility index (Phi) is 5.51. The Morgan fingerprint density at radius 3 is 2.64 bits per heavy atom. The summed E-state index contributed by atoms with van der Waals surface area (Å²) in [5.74, 6) is 0.130. The number of rotatable bonds is 5. The first-order chi connectivity index (χ1) is 16.2. The summed E-state index contributed by atoms with van der Waals surface area (Å²) < 4.78 is 0. The molecule has 1 amide bonds. The van der Waals surface area contributed by atoms with Gasteiger partial charge in [0.25, 0.3) is 5.91 Å². The van der Waals surface area contributed by atoms with E-state index in [2.05, 4.69) is 25.5 Å². The molecule has 2 N–H and O–H groups in total. The number of carbonyl (C=O) groups excluding carboxylic acids is 1. The normalized spacial score (nSPS) is 14.3. The van der Waals surface area contributed by atoms with Crippen molar-refractivity contribution in [3.8, 4) is 0 Å². The average molecular weight is 435 g/mol. The molecular weight excluding hydrogens is 412 g/mol. The molecule has 2 aromatic heterocycles. The van der Waals surface area contributed by atoms with Crippen molar-refractivity contribution in [2.75, 3.05) is 17.3 Å². The van der Waals surface area contributed by atoms with E-state index in [4.69, 9.17) is 4.98 Å². The fourth-order valence-electron chi connectivity index (χ4n) is 3.68. The van der Waals surface area contributed by atoms with E-state index in [1.54, 1.807) is 12.3 Å². The zero-order chi connectivity index (χ0) is 22.6.